The molecule has 0 fully saturated rings. The molecule has 1 atom stereocenters. The van der Waals surface area contributed by atoms with Crippen LogP contribution in [0.25, 0.3) is 0 Å². The van der Waals surface area contributed by atoms with Crippen LogP contribution in [0.4, 0.5) is 4.79 Å². The molecule has 0 aliphatic rings. The molecule has 6 nitrogen and oxygen atoms in total. The SMILES string of the molecule is CNC(=O)N(CC(C)(C)SCc1ccccc1)C(=O)C(CCC(C)C)C(=O)OC(C)(C)C. The molecule has 0 saturated heterocycles. The summed E-state index contributed by atoms with van der Waals surface area (Å²) in [5, 5.41) is 2.55. The number of hydrogen-bond donors (Lipinski definition) is 1. The number of urea groups is 1. The van der Waals surface area contributed by atoms with Crippen molar-refractivity contribution in [3.8, 4) is 0 Å². The first-order chi connectivity index (χ1) is 14.8. The third-order valence-corrected chi connectivity index (χ3v) is 6.15. The van der Waals surface area contributed by atoms with Crippen LogP contribution in [-0.4, -0.2) is 46.7 Å². The van der Waals surface area contributed by atoms with E-state index in [9.17, 15) is 14.4 Å². The Labute approximate surface area is 197 Å². The van der Waals surface area contributed by atoms with Gasteiger partial charge >= 0.3 is 12.0 Å². The lowest BCUT2D eigenvalue weighted by molar-refractivity contribution is -0.164. The number of amides is 3. The molecule has 32 heavy (non-hydrogen) atoms. The fraction of sp³-hybridized carbons (Fsp3) is 0.640. The maximum atomic E-state index is 13.5. The van der Waals surface area contributed by atoms with Crippen molar-refractivity contribution in [2.75, 3.05) is 13.6 Å². The van der Waals surface area contributed by atoms with Gasteiger partial charge in [0.05, 0.1) is 0 Å². The highest BCUT2D eigenvalue weighted by Gasteiger charge is 2.38. The van der Waals surface area contributed by atoms with Crippen LogP contribution in [0.15, 0.2) is 30.3 Å². The largest absolute Gasteiger partial charge is 0.459 e. The monoisotopic (exact) mass is 464 g/mol. The number of esters is 1. The first-order valence-electron chi connectivity index (χ1n) is 11.2. The van der Waals surface area contributed by atoms with Gasteiger partial charge in [0.25, 0.3) is 0 Å². The van der Waals surface area contributed by atoms with Crippen LogP contribution in [0.1, 0.15) is 66.9 Å². The number of nitrogens with zero attached hydrogens (tertiary/aromatic N) is 1. The predicted octanol–water partition coefficient (Wildman–Crippen LogP) is 5.26. The van der Waals surface area contributed by atoms with E-state index in [2.05, 4.69) is 17.4 Å². The number of thioether (sulfide) groups is 1. The maximum absolute atomic E-state index is 13.5. The molecule has 0 heterocycles. The Morgan fingerprint density at radius 1 is 1.03 bits per heavy atom. The van der Waals surface area contributed by atoms with Gasteiger partial charge in [0, 0.05) is 24.1 Å². The predicted molar refractivity (Wildman–Crippen MR) is 131 cm³/mol. The first-order valence-corrected chi connectivity index (χ1v) is 12.2. The number of nitrogens with one attached hydrogen (secondary N) is 1. The number of rotatable bonds is 10. The zero-order valence-corrected chi connectivity index (χ0v) is 21.7. The van der Waals surface area contributed by atoms with Crippen LogP contribution in [-0.2, 0) is 20.1 Å². The second-order valence-corrected chi connectivity index (χ2v) is 11.8. The molecule has 180 valence electrons. The number of hydrogen-bond acceptors (Lipinski definition) is 5. The normalized spacial score (nSPS) is 12.9. The summed E-state index contributed by atoms with van der Waals surface area (Å²) in [5.74, 6) is -1.02. The minimum absolute atomic E-state index is 0.185. The Bertz CT molecular complexity index is 757. The van der Waals surface area contributed by atoms with Crippen LogP contribution >= 0.6 is 11.8 Å². The highest BCUT2D eigenvalue weighted by molar-refractivity contribution is 7.99. The maximum Gasteiger partial charge on any atom is 0.323 e. The molecule has 0 spiro atoms. The highest BCUT2D eigenvalue weighted by Crippen LogP contribution is 2.30. The Morgan fingerprint density at radius 2 is 1.62 bits per heavy atom. The van der Waals surface area contributed by atoms with Crippen molar-refractivity contribution in [3.05, 3.63) is 35.9 Å². The minimum atomic E-state index is -1.01. The Morgan fingerprint density at radius 3 is 2.12 bits per heavy atom. The quantitative estimate of drug-likeness (QED) is 0.377. The number of carbonyl (C=O) groups excluding carboxylic acids is 3. The van der Waals surface area contributed by atoms with E-state index in [1.54, 1.807) is 32.5 Å². The van der Waals surface area contributed by atoms with Gasteiger partial charge in [0.1, 0.15) is 11.5 Å². The molecular weight excluding hydrogens is 424 g/mol. The molecule has 0 bridgehead atoms. The fourth-order valence-corrected chi connectivity index (χ4v) is 4.04. The van der Waals surface area contributed by atoms with E-state index < -0.39 is 34.2 Å². The van der Waals surface area contributed by atoms with Crippen LogP contribution in [0.3, 0.4) is 0 Å². The lowest BCUT2D eigenvalue weighted by atomic mass is 9.96. The van der Waals surface area contributed by atoms with Crippen molar-refractivity contribution >= 4 is 29.7 Å². The third-order valence-electron chi connectivity index (χ3n) is 4.76. The van der Waals surface area contributed by atoms with E-state index in [4.69, 9.17) is 4.74 Å². The average molecular weight is 465 g/mol. The second-order valence-electron chi connectivity index (χ2n) is 10.1. The standard InChI is InChI=1S/C25H40N2O4S/c1-18(2)14-15-20(22(29)31-24(3,4)5)21(28)27(23(30)26-8)17-25(6,7)32-16-19-12-10-9-11-13-19/h9-13,18,20H,14-17H2,1-8H3,(H,26,30). The molecule has 1 unspecified atom stereocenters. The molecule has 0 aliphatic carbocycles. The topological polar surface area (TPSA) is 75.7 Å². The van der Waals surface area contributed by atoms with Crippen molar-refractivity contribution in [2.45, 2.75) is 77.4 Å². The second kappa shape index (κ2) is 12.3. The van der Waals surface area contributed by atoms with Gasteiger partial charge < -0.3 is 10.1 Å². The molecule has 1 rings (SSSR count). The fourth-order valence-electron chi connectivity index (χ4n) is 3.07. The number of imide groups is 1. The Balaban J connectivity index is 3.06. The summed E-state index contributed by atoms with van der Waals surface area (Å²) in [7, 11) is 1.49. The lowest BCUT2D eigenvalue weighted by Gasteiger charge is -2.33. The Hall–Kier alpha value is -2.02. The molecule has 7 heteroatoms. The van der Waals surface area contributed by atoms with Crippen molar-refractivity contribution in [1.29, 1.82) is 0 Å². The van der Waals surface area contributed by atoms with Crippen LogP contribution < -0.4 is 5.32 Å². The van der Waals surface area contributed by atoms with E-state index in [-0.39, 0.29) is 6.54 Å². The van der Waals surface area contributed by atoms with Crippen molar-refractivity contribution < 1.29 is 19.1 Å². The van der Waals surface area contributed by atoms with Crippen LogP contribution in [0.5, 0.6) is 0 Å². The molecule has 1 aromatic rings. The summed E-state index contributed by atoms with van der Waals surface area (Å²) >= 11 is 1.66. The van der Waals surface area contributed by atoms with E-state index in [0.29, 0.717) is 18.8 Å². The molecule has 0 aromatic heterocycles. The van der Waals surface area contributed by atoms with Crippen molar-refractivity contribution in [1.82, 2.24) is 10.2 Å². The smallest absolute Gasteiger partial charge is 0.323 e. The van der Waals surface area contributed by atoms with Crippen molar-refractivity contribution in [2.24, 2.45) is 11.8 Å². The van der Waals surface area contributed by atoms with E-state index in [1.807, 2.05) is 45.9 Å². The highest BCUT2D eigenvalue weighted by atomic mass is 32.2. The molecule has 0 radical (unpaired) electrons. The van der Waals surface area contributed by atoms with Gasteiger partial charge in [0.2, 0.25) is 5.91 Å². The molecule has 1 N–H and O–H groups in total. The van der Waals surface area contributed by atoms with Crippen LogP contribution in [0, 0.1) is 11.8 Å². The average Bonchev–Trinajstić information content (AvgIpc) is 2.69. The lowest BCUT2D eigenvalue weighted by Crippen LogP contribution is -2.52. The van der Waals surface area contributed by atoms with Gasteiger partial charge in [0.15, 0.2) is 0 Å². The Kier molecular flexibility index (Phi) is 10.8. The number of benzene rings is 1. The first kappa shape index (κ1) is 28.0. The molecule has 1 aromatic carbocycles. The number of ether oxygens (including phenoxy) is 1. The zero-order valence-electron chi connectivity index (χ0n) is 20.9. The van der Waals surface area contributed by atoms with Gasteiger partial charge in [-0.3, -0.25) is 14.5 Å². The summed E-state index contributed by atoms with van der Waals surface area (Å²) < 4.78 is 5.12. The van der Waals surface area contributed by atoms with E-state index in [0.717, 1.165) is 5.75 Å². The van der Waals surface area contributed by atoms with Gasteiger partial charge in [-0.15, -0.1) is 11.8 Å². The summed E-state index contributed by atoms with van der Waals surface area (Å²) in [6.45, 7) is 13.6. The van der Waals surface area contributed by atoms with Gasteiger partial charge in [-0.2, -0.15) is 0 Å². The van der Waals surface area contributed by atoms with Crippen LogP contribution in [0.2, 0.25) is 0 Å². The number of carbonyl (C=O) groups is 3. The minimum Gasteiger partial charge on any atom is -0.459 e. The molecular formula is C25H40N2O4S. The molecule has 0 aliphatic heterocycles. The van der Waals surface area contributed by atoms with E-state index >= 15 is 0 Å². The summed E-state index contributed by atoms with van der Waals surface area (Å²) in [6, 6.07) is 9.54. The van der Waals surface area contributed by atoms with Gasteiger partial charge in [-0.25, -0.2) is 4.79 Å². The summed E-state index contributed by atoms with van der Waals surface area (Å²) in [4.78, 5) is 40.3. The summed E-state index contributed by atoms with van der Waals surface area (Å²) in [5.41, 5.74) is 0.461. The molecule has 3 amide bonds. The molecule has 0 saturated carbocycles. The zero-order chi connectivity index (χ0) is 24.5. The third kappa shape index (κ3) is 10.1. The summed E-state index contributed by atoms with van der Waals surface area (Å²) in [6.07, 6.45) is 1.03. The van der Waals surface area contributed by atoms with E-state index in [1.165, 1.54) is 17.5 Å². The van der Waals surface area contributed by atoms with Crippen molar-refractivity contribution in [3.63, 3.8) is 0 Å². The van der Waals surface area contributed by atoms with Gasteiger partial charge in [-0.05, 0) is 58.9 Å². The van der Waals surface area contributed by atoms with Gasteiger partial charge in [-0.1, -0.05) is 44.2 Å².